The molecule has 1 aromatic carbocycles. The van der Waals surface area contributed by atoms with Crippen LogP contribution in [0.3, 0.4) is 0 Å². The van der Waals surface area contributed by atoms with Crippen molar-refractivity contribution in [2.24, 2.45) is 23.2 Å². The van der Waals surface area contributed by atoms with Crippen LogP contribution in [-0.2, 0) is 30.4 Å². The Hall–Kier alpha value is -2.65. The van der Waals surface area contributed by atoms with Crippen LogP contribution in [0.15, 0.2) is 18.2 Å². The zero-order chi connectivity index (χ0) is 29.2. The molecule has 3 N–H and O–H groups in total. The van der Waals surface area contributed by atoms with Gasteiger partial charge in [0.25, 0.3) is 0 Å². The highest BCUT2D eigenvalue weighted by molar-refractivity contribution is 6.35. The van der Waals surface area contributed by atoms with Crippen LogP contribution in [-0.4, -0.2) is 66.0 Å². The molecule has 4 amide bonds. The van der Waals surface area contributed by atoms with E-state index in [-0.39, 0.29) is 54.2 Å². The third kappa shape index (κ3) is 6.79. The molecular weight excluding hydrogens is 555 g/mol. The average Bonchev–Trinajstić information content (AvgIpc) is 3.59. The topological polar surface area (TPSA) is 125 Å². The fourth-order valence-electron chi connectivity index (χ4n) is 6.33. The molecule has 11 heteroatoms. The lowest BCUT2D eigenvalue weighted by molar-refractivity contribution is -0.145. The summed E-state index contributed by atoms with van der Waals surface area (Å²) in [6, 6.07) is 2.45. The maximum atomic E-state index is 14.1. The average molecular weight is 594 g/mol. The number of carbonyl (C=O) groups is 5. The molecule has 1 aromatic rings. The van der Waals surface area contributed by atoms with Gasteiger partial charge < -0.3 is 25.6 Å². The van der Waals surface area contributed by atoms with Gasteiger partial charge in [-0.3, -0.25) is 19.2 Å². The zero-order valence-electron chi connectivity index (χ0n) is 23.2. The molecule has 2 saturated heterocycles. The molecule has 3 aliphatic rings. The largest absolute Gasteiger partial charge is 0.356 e. The smallest absolute Gasteiger partial charge is 0.246 e. The number of hydrogen-bond donors (Lipinski definition) is 3. The standard InChI is InChI=1S/C29H38Cl2N4O5/c1-29(2,3)25(34-23(37)12-16-7-8-19(30)13-22(16)31)28(40)35-14-18-5-4-6-21(18)24(35)27(39)33-20(15-36)11-17-9-10-32-26(17)38/h7-8,13,15,17-18,20-21,24-25H,4-6,9-12,14H2,1-3H3,(H,32,38)(H,33,39)(H,34,37)/t17-,18-,20-,21+,24?,25?/m0/s1. The van der Waals surface area contributed by atoms with Crippen molar-refractivity contribution < 1.29 is 24.0 Å². The summed E-state index contributed by atoms with van der Waals surface area (Å²) in [6.07, 6.45) is 4.18. The molecule has 4 rings (SSSR count). The van der Waals surface area contributed by atoms with Crippen molar-refractivity contribution in [2.45, 2.75) is 77.4 Å². The Morgan fingerprint density at radius 3 is 2.52 bits per heavy atom. The molecule has 1 saturated carbocycles. The molecule has 2 aliphatic heterocycles. The molecule has 3 fully saturated rings. The predicted molar refractivity (Wildman–Crippen MR) is 152 cm³/mol. The third-order valence-corrected chi connectivity index (χ3v) is 9.01. The number of aldehydes is 1. The number of halogens is 2. The van der Waals surface area contributed by atoms with Gasteiger partial charge in [-0.25, -0.2) is 0 Å². The van der Waals surface area contributed by atoms with Gasteiger partial charge in [0.1, 0.15) is 18.4 Å². The number of fused-ring (bicyclic) bond motifs is 1. The van der Waals surface area contributed by atoms with E-state index in [0.717, 1.165) is 19.3 Å². The van der Waals surface area contributed by atoms with Crippen molar-refractivity contribution in [1.29, 1.82) is 0 Å². The van der Waals surface area contributed by atoms with Crippen molar-refractivity contribution in [3.63, 3.8) is 0 Å². The summed E-state index contributed by atoms with van der Waals surface area (Å²) >= 11 is 12.2. The molecule has 9 nitrogen and oxygen atoms in total. The molecule has 0 aromatic heterocycles. The minimum Gasteiger partial charge on any atom is -0.356 e. The first kappa shape index (κ1) is 30.3. The van der Waals surface area contributed by atoms with Gasteiger partial charge in [0.05, 0.1) is 12.5 Å². The molecule has 2 unspecified atom stereocenters. The number of carbonyl (C=O) groups excluding carboxylic acids is 5. The first-order valence-electron chi connectivity index (χ1n) is 14.0. The second-order valence-electron chi connectivity index (χ2n) is 12.3. The fourth-order valence-corrected chi connectivity index (χ4v) is 6.80. The monoisotopic (exact) mass is 592 g/mol. The summed E-state index contributed by atoms with van der Waals surface area (Å²) < 4.78 is 0. The molecule has 0 spiro atoms. The van der Waals surface area contributed by atoms with E-state index in [1.54, 1.807) is 23.1 Å². The second kappa shape index (κ2) is 12.5. The minimum absolute atomic E-state index is 0.0183. The summed E-state index contributed by atoms with van der Waals surface area (Å²) in [5.74, 6) is -1.35. The summed E-state index contributed by atoms with van der Waals surface area (Å²) in [4.78, 5) is 66.3. The molecule has 6 atom stereocenters. The third-order valence-electron chi connectivity index (χ3n) is 8.42. The van der Waals surface area contributed by atoms with Crippen LogP contribution >= 0.6 is 23.2 Å². The molecule has 218 valence electrons. The van der Waals surface area contributed by atoms with Crippen molar-refractivity contribution >= 4 is 53.1 Å². The van der Waals surface area contributed by atoms with Gasteiger partial charge in [0.15, 0.2) is 0 Å². The number of hydrogen-bond acceptors (Lipinski definition) is 5. The normalized spacial score (nSPS) is 25.6. The number of nitrogens with one attached hydrogen (secondary N) is 3. The lowest BCUT2D eigenvalue weighted by atomic mass is 9.85. The predicted octanol–water partition coefficient (Wildman–Crippen LogP) is 2.90. The number of likely N-dealkylation sites (tertiary alicyclic amines) is 1. The van der Waals surface area contributed by atoms with Crippen molar-refractivity contribution in [1.82, 2.24) is 20.9 Å². The first-order valence-corrected chi connectivity index (χ1v) is 14.7. The molecule has 2 heterocycles. The van der Waals surface area contributed by atoms with Crippen molar-refractivity contribution in [3.05, 3.63) is 33.8 Å². The Kier molecular flexibility index (Phi) is 9.45. The summed E-state index contributed by atoms with van der Waals surface area (Å²) in [6.45, 7) is 6.58. The van der Waals surface area contributed by atoms with Crippen molar-refractivity contribution in [3.8, 4) is 0 Å². The van der Waals surface area contributed by atoms with Gasteiger partial charge in [0.2, 0.25) is 23.6 Å². The summed E-state index contributed by atoms with van der Waals surface area (Å²) in [5, 5.41) is 9.30. The Labute approximate surface area is 245 Å². The van der Waals surface area contributed by atoms with E-state index >= 15 is 0 Å². The van der Waals surface area contributed by atoms with E-state index in [0.29, 0.717) is 41.4 Å². The number of benzene rings is 1. The Morgan fingerprint density at radius 1 is 1.15 bits per heavy atom. The molecule has 0 radical (unpaired) electrons. The highest BCUT2D eigenvalue weighted by Crippen LogP contribution is 2.43. The first-order chi connectivity index (χ1) is 18.9. The lowest BCUT2D eigenvalue weighted by Gasteiger charge is -2.36. The van der Waals surface area contributed by atoms with Gasteiger partial charge in [-0.05, 0) is 60.6 Å². The van der Waals surface area contributed by atoms with E-state index in [4.69, 9.17) is 23.2 Å². The van der Waals surface area contributed by atoms with Gasteiger partial charge in [0, 0.05) is 29.1 Å². The SMILES string of the molecule is CC(C)(C)C(NC(=O)Cc1ccc(Cl)cc1Cl)C(=O)N1C[C@@H]2CCC[C@H]2C1C(=O)N[C@H](C=O)C[C@@H]1CCNC1=O. The van der Waals surface area contributed by atoms with Gasteiger partial charge in [-0.15, -0.1) is 0 Å². The lowest BCUT2D eigenvalue weighted by Crippen LogP contribution is -2.59. The van der Waals surface area contributed by atoms with Crippen LogP contribution in [0.2, 0.25) is 10.0 Å². The van der Waals surface area contributed by atoms with Crippen LogP contribution in [0, 0.1) is 23.2 Å². The quantitative estimate of drug-likeness (QED) is 0.380. The van der Waals surface area contributed by atoms with Crippen LogP contribution in [0.25, 0.3) is 0 Å². The number of amides is 4. The van der Waals surface area contributed by atoms with E-state index < -0.39 is 23.5 Å². The molecule has 1 aliphatic carbocycles. The highest BCUT2D eigenvalue weighted by atomic mass is 35.5. The molecule has 0 bridgehead atoms. The highest BCUT2D eigenvalue weighted by Gasteiger charge is 2.52. The maximum absolute atomic E-state index is 14.1. The summed E-state index contributed by atoms with van der Waals surface area (Å²) in [5.41, 5.74) is -0.0522. The van der Waals surface area contributed by atoms with Gasteiger partial charge in [-0.1, -0.05) is 56.5 Å². The van der Waals surface area contributed by atoms with Crippen LogP contribution in [0.1, 0.15) is 58.4 Å². The fraction of sp³-hybridized carbons (Fsp3) is 0.621. The zero-order valence-corrected chi connectivity index (χ0v) is 24.7. The Balaban J connectivity index is 1.50. The maximum Gasteiger partial charge on any atom is 0.246 e. The van der Waals surface area contributed by atoms with Crippen LogP contribution in [0.5, 0.6) is 0 Å². The van der Waals surface area contributed by atoms with E-state index in [2.05, 4.69) is 16.0 Å². The number of nitrogens with zero attached hydrogens (tertiary/aromatic N) is 1. The molecule has 40 heavy (non-hydrogen) atoms. The van der Waals surface area contributed by atoms with Crippen LogP contribution < -0.4 is 16.0 Å². The minimum atomic E-state index is -0.885. The molecular formula is C29H38Cl2N4O5. The van der Waals surface area contributed by atoms with Crippen molar-refractivity contribution in [2.75, 3.05) is 13.1 Å². The van der Waals surface area contributed by atoms with E-state index in [1.165, 1.54) is 0 Å². The summed E-state index contributed by atoms with van der Waals surface area (Å²) in [7, 11) is 0. The van der Waals surface area contributed by atoms with Gasteiger partial charge >= 0.3 is 0 Å². The van der Waals surface area contributed by atoms with E-state index in [9.17, 15) is 24.0 Å². The van der Waals surface area contributed by atoms with Gasteiger partial charge in [-0.2, -0.15) is 0 Å². The second-order valence-corrected chi connectivity index (χ2v) is 13.2. The Morgan fingerprint density at radius 2 is 1.90 bits per heavy atom. The van der Waals surface area contributed by atoms with E-state index in [1.807, 2.05) is 20.8 Å². The Bertz CT molecular complexity index is 1170. The number of rotatable bonds is 9. The van der Waals surface area contributed by atoms with Crippen LogP contribution in [0.4, 0.5) is 0 Å².